The lowest BCUT2D eigenvalue weighted by molar-refractivity contribution is -0.137. The van der Waals surface area contributed by atoms with Crippen LogP contribution in [0.2, 0.25) is 0 Å². The molecule has 0 atom stereocenters. The van der Waals surface area contributed by atoms with Crippen molar-refractivity contribution in [1.29, 1.82) is 5.26 Å². The highest BCUT2D eigenvalue weighted by Crippen LogP contribution is 2.32. The number of benzene rings is 1. The van der Waals surface area contributed by atoms with E-state index in [2.05, 4.69) is 0 Å². The number of ketones is 1. The molecule has 0 aliphatic rings. The molecule has 0 spiro atoms. The first-order chi connectivity index (χ1) is 10.9. The summed E-state index contributed by atoms with van der Waals surface area (Å²) in [5, 5.41) is 10.6. The second kappa shape index (κ2) is 7.25. The fourth-order valence-electron chi connectivity index (χ4n) is 2.03. The Morgan fingerprint density at radius 3 is 2.70 bits per heavy atom. The molecule has 0 unspecified atom stereocenters. The normalized spacial score (nSPS) is 11.6. The number of Topliss-reactive ketones (excluding diaryl/α,β-unsaturated/α-hetero) is 1. The van der Waals surface area contributed by atoms with Gasteiger partial charge in [-0.25, -0.2) is 0 Å². The molecule has 2 rings (SSSR count). The molecule has 118 valence electrons. The second-order valence-electron chi connectivity index (χ2n) is 4.83. The van der Waals surface area contributed by atoms with E-state index >= 15 is 0 Å². The van der Waals surface area contributed by atoms with Gasteiger partial charge in [0, 0.05) is 17.7 Å². The number of nitrogens with zero attached hydrogens (tertiary/aromatic N) is 1. The first-order valence-corrected chi connectivity index (χ1v) is 7.60. The van der Waals surface area contributed by atoms with E-state index in [4.69, 9.17) is 5.26 Å². The standard InChI is InChI=1S/C17H12F3NOS/c18-17(19,20)16-10-12(6-7-13(16)11-21)9-14(22)3-1-4-15-5-2-8-23-15/h1-2,4-8,10H,3,9H2/b4-1+. The monoisotopic (exact) mass is 335 g/mol. The zero-order valence-electron chi connectivity index (χ0n) is 11.9. The summed E-state index contributed by atoms with van der Waals surface area (Å²) in [7, 11) is 0. The second-order valence-corrected chi connectivity index (χ2v) is 5.81. The number of allylic oxidation sites excluding steroid dienone is 1. The van der Waals surface area contributed by atoms with E-state index in [-0.39, 0.29) is 24.2 Å². The summed E-state index contributed by atoms with van der Waals surface area (Å²) in [5.74, 6) is -0.185. The molecule has 0 saturated heterocycles. The average Bonchev–Trinajstić information content (AvgIpc) is 2.99. The molecule has 2 nitrogen and oxygen atoms in total. The molecule has 0 aliphatic carbocycles. The molecule has 23 heavy (non-hydrogen) atoms. The zero-order valence-corrected chi connectivity index (χ0v) is 12.7. The van der Waals surface area contributed by atoms with Gasteiger partial charge >= 0.3 is 6.18 Å². The molecule has 1 heterocycles. The molecule has 0 N–H and O–H groups in total. The average molecular weight is 335 g/mol. The van der Waals surface area contributed by atoms with Crippen LogP contribution >= 0.6 is 11.3 Å². The predicted octanol–water partition coefficient (Wildman–Crippen LogP) is 4.85. The summed E-state index contributed by atoms with van der Waals surface area (Å²) in [5.41, 5.74) is -1.18. The lowest BCUT2D eigenvalue weighted by atomic mass is 10.00. The summed E-state index contributed by atoms with van der Waals surface area (Å²) in [4.78, 5) is 12.9. The van der Waals surface area contributed by atoms with Gasteiger partial charge in [0.05, 0.1) is 17.2 Å². The summed E-state index contributed by atoms with van der Waals surface area (Å²) < 4.78 is 38.6. The smallest absolute Gasteiger partial charge is 0.299 e. The van der Waals surface area contributed by atoms with Crippen molar-refractivity contribution in [3.05, 3.63) is 63.4 Å². The number of nitriles is 1. The van der Waals surface area contributed by atoms with Crippen LogP contribution in [0.3, 0.4) is 0 Å². The Morgan fingerprint density at radius 2 is 2.09 bits per heavy atom. The van der Waals surface area contributed by atoms with Crippen LogP contribution in [0.1, 0.15) is 28.0 Å². The molecule has 0 radical (unpaired) electrons. The fourth-order valence-corrected chi connectivity index (χ4v) is 2.67. The van der Waals surface area contributed by atoms with Crippen LogP contribution in [-0.4, -0.2) is 5.78 Å². The van der Waals surface area contributed by atoms with Crippen molar-refractivity contribution >= 4 is 23.2 Å². The number of hydrogen-bond donors (Lipinski definition) is 0. The number of alkyl halides is 3. The van der Waals surface area contributed by atoms with Gasteiger partial charge < -0.3 is 0 Å². The van der Waals surface area contributed by atoms with E-state index in [1.807, 2.05) is 23.6 Å². The van der Waals surface area contributed by atoms with Gasteiger partial charge in [0.25, 0.3) is 0 Å². The summed E-state index contributed by atoms with van der Waals surface area (Å²) >= 11 is 1.53. The van der Waals surface area contributed by atoms with E-state index in [9.17, 15) is 18.0 Å². The topological polar surface area (TPSA) is 40.9 Å². The predicted molar refractivity (Wildman–Crippen MR) is 82.8 cm³/mol. The minimum Gasteiger partial charge on any atom is -0.299 e. The van der Waals surface area contributed by atoms with Crippen molar-refractivity contribution in [2.24, 2.45) is 0 Å². The molecule has 0 bridgehead atoms. The van der Waals surface area contributed by atoms with Gasteiger partial charge in [-0.3, -0.25) is 4.79 Å². The van der Waals surface area contributed by atoms with Crippen molar-refractivity contribution in [1.82, 2.24) is 0 Å². The molecule has 1 aromatic carbocycles. The van der Waals surface area contributed by atoms with E-state index in [1.165, 1.54) is 23.5 Å². The minimum atomic E-state index is -4.61. The largest absolute Gasteiger partial charge is 0.417 e. The molecular formula is C17H12F3NOS. The number of thiophene rings is 1. The third-order valence-electron chi connectivity index (χ3n) is 3.08. The Labute approximate surface area is 135 Å². The number of carbonyl (C=O) groups is 1. The van der Waals surface area contributed by atoms with Crippen molar-refractivity contribution < 1.29 is 18.0 Å². The maximum absolute atomic E-state index is 12.9. The number of rotatable bonds is 5. The lowest BCUT2D eigenvalue weighted by Crippen LogP contribution is -2.10. The number of halogens is 3. The Hall–Kier alpha value is -2.39. The molecule has 0 fully saturated rings. The van der Waals surface area contributed by atoms with Crippen LogP contribution in [0.5, 0.6) is 0 Å². The van der Waals surface area contributed by atoms with Crippen molar-refractivity contribution in [2.75, 3.05) is 0 Å². The maximum Gasteiger partial charge on any atom is 0.417 e. The third kappa shape index (κ3) is 4.80. The molecule has 2 aromatic rings. The van der Waals surface area contributed by atoms with Gasteiger partial charge in [0.2, 0.25) is 0 Å². The fraction of sp³-hybridized carbons (Fsp3) is 0.176. The first kappa shape index (κ1) is 17.0. The van der Waals surface area contributed by atoms with Crippen molar-refractivity contribution in [3.8, 4) is 6.07 Å². The van der Waals surface area contributed by atoms with Gasteiger partial charge in [-0.05, 0) is 35.2 Å². The van der Waals surface area contributed by atoms with Crippen molar-refractivity contribution in [2.45, 2.75) is 19.0 Å². The van der Waals surface area contributed by atoms with E-state index in [0.29, 0.717) is 0 Å². The Kier molecular flexibility index (Phi) is 5.35. The maximum atomic E-state index is 12.9. The number of hydrogen-bond acceptors (Lipinski definition) is 3. The third-order valence-corrected chi connectivity index (χ3v) is 3.92. The Bertz CT molecular complexity index is 755. The van der Waals surface area contributed by atoms with Gasteiger partial charge in [-0.2, -0.15) is 18.4 Å². The molecule has 0 saturated carbocycles. The number of carbonyl (C=O) groups excluding carboxylic acids is 1. The SMILES string of the molecule is N#Cc1ccc(CC(=O)C/C=C/c2cccs2)cc1C(F)(F)F. The van der Waals surface area contributed by atoms with Gasteiger partial charge in [-0.1, -0.05) is 18.2 Å². The summed E-state index contributed by atoms with van der Waals surface area (Å²) in [6, 6.07) is 8.67. The summed E-state index contributed by atoms with van der Waals surface area (Å²) in [6.45, 7) is 0. The molecular weight excluding hydrogens is 323 g/mol. The molecule has 6 heteroatoms. The van der Waals surface area contributed by atoms with Crippen LogP contribution in [0, 0.1) is 11.3 Å². The minimum absolute atomic E-state index is 0.0937. The lowest BCUT2D eigenvalue weighted by Gasteiger charge is -2.10. The Morgan fingerprint density at radius 1 is 1.30 bits per heavy atom. The van der Waals surface area contributed by atoms with Crippen LogP contribution in [0.4, 0.5) is 13.2 Å². The van der Waals surface area contributed by atoms with Crippen molar-refractivity contribution in [3.63, 3.8) is 0 Å². The molecule has 0 aliphatic heterocycles. The Balaban J connectivity index is 2.05. The van der Waals surface area contributed by atoms with E-state index < -0.39 is 17.3 Å². The highest BCUT2D eigenvalue weighted by atomic mass is 32.1. The highest BCUT2D eigenvalue weighted by molar-refractivity contribution is 7.10. The quantitative estimate of drug-likeness (QED) is 0.783. The van der Waals surface area contributed by atoms with Crippen LogP contribution < -0.4 is 0 Å². The molecule has 0 amide bonds. The first-order valence-electron chi connectivity index (χ1n) is 6.72. The zero-order chi connectivity index (χ0) is 16.9. The highest BCUT2D eigenvalue weighted by Gasteiger charge is 2.33. The van der Waals surface area contributed by atoms with Crippen LogP contribution in [0.15, 0.2) is 41.8 Å². The van der Waals surface area contributed by atoms with Gasteiger partial charge in [0.15, 0.2) is 0 Å². The van der Waals surface area contributed by atoms with E-state index in [1.54, 1.807) is 6.08 Å². The van der Waals surface area contributed by atoms with Gasteiger partial charge in [-0.15, -0.1) is 11.3 Å². The van der Waals surface area contributed by atoms with E-state index in [0.717, 1.165) is 17.0 Å². The van der Waals surface area contributed by atoms with Gasteiger partial charge in [0.1, 0.15) is 5.78 Å². The summed E-state index contributed by atoms with van der Waals surface area (Å²) in [6.07, 6.45) is -1.04. The van der Waals surface area contributed by atoms with Crippen LogP contribution in [0.25, 0.3) is 6.08 Å². The van der Waals surface area contributed by atoms with Crippen LogP contribution in [-0.2, 0) is 17.4 Å². The molecule has 1 aromatic heterocycles.